The maximum absolute atomic E-state index is 11.3. The van der Waals surface area contributed by atoms with Crippen LogP contribution >= 0.6 is 12.2 Å². The van der Waals surface area contributed by atoms with Gasteiger partial charge in [-0.15, -0.1) is 0 Å². The predicted octanol–water partition coefficient (Wildman–Crippen LogP) is 0.542. The number of hydrogen-bond acceptors (Lipinski definition) is 6. The Morgan fingerprint density at radius 1 is 1.59 bits per heavy atom. The molecule has 0 bridgehead atoms. The molecule has 0 aliphatic rings. The highest BCUT2D eigenvalue weighted by Gasteiger charge is 2.17. The van der Waals surface area contributed by atoms with E-state index >= 15 is 0 Å². The van der Waals surface area contributed by atoms with Gasteiger partial charge in [-0.3, -0.25) is 9.20 Å². The molecule has 0 atom stereocenters. The van der Waals surface area contributed by atoms with Crippen molar-refractivity contribution in [3.63, 3.8) is 0 Å². The fourth-order valence-corrected chi connectivity index (χ4v) is 1.51. The number of methoxy groups -OCH3 is 1. The number of imidazole rings is 1. The molecule has 2 heterocycles. The van der Waals surface area contributed by atoms with Crippen molar-refractivity contribution in [2.24, 2.45) is 5.73 Å². The molecule has 2 aromatic heterocycles. The number of carbonyl (C=O) groups excluding carboxylic acids is 2. The van der Waals surface area contributed by atoms with Gasteiger partial charge in [0.25, 0.3) is 5.91 Å². The molecule has 7 nitrogen and oxygen atoms in total. The minimum Gasteiger partial charge on any atom is -0.463 e. The molecule has 88 valence electrons. The molecule has 8 heteroatoms. The lowest BCUT2D eigenvalue weighted by Gasteiger charge is -2.00. The van der Waals surface area contributed by atoms with Gasteiger partial charge >= 0.3 is 5.97 Å². The summed E-state index contributed by atoms with van der Waals surface area (Å²) in [5.74, 6) is -1.59. The molecular formula is C9H7N3O4S. The number of fused-ring (bicyclic) bond motifs is 1. The van der Waals surface area contributed by atoms with Gasteiger partial charge < -0.3 is 14.9 Å². The van der Waals surface area contributed by atoms with Gasteiger partial charge in [-0.1, -0.05) is 12.2 Å². The summed E-state index contributed by atoms with van der Waals surface area (Å²) in [6, 6.07) is 1.31. The van der Waals surface area contributed by atoms with Crippen LogP contribution in [0.2, 0.25) is 0 Å². The Morgan fingerprint density at radius 3 is 2.88 bits per heavy atom. The van der Waals surface area contributed by atoms with Gasteiger partial charge in [0.2, 0.25) is 11.5 Å². The van der Waals surface area contributed by atoms with Crippen LogP contribution in [0, 0.1) is 4.64 Å². The summed E-state index contributed by atoms with van der Waals surface area (Å²) < 4.78 is 11.3. The lowest BCUT2D eigenvalue weighted by atomic mass is 10.4. The van der Waals surface area contributed by atoms with Crippen molar-refractivity contribution < 1.29 is 18.7 Å². The van der Waals surface area contributed by atoms with Gasteiger partial charge in [0.1, 0.15) is 11.0 Å². The molecule has 2 rings (SSSR count). The third kappa shape index (κ3) is 1.78. The number of esters is 1. The van der Waals surface area contributed by atoms with Gasteiger partial charge in [0.15, 0.2) is 5.69 Å². The lowest BCUT2D eigenvalue weighted by Crippen LogP contribution is -2.12. The number of primary amides is 1. The van der Waals surface area contributed by atoms with Crippen LogP contribution in [-0.2, 0) is 4.74 Å². The molecular weight excluding hydrogens is 246 g/mol. The molecule has 17 heavy (non-hydrogen) atoms. The van der Waals surface area contributed by atoms with Gasteiger partial charge in [-0.05, 0) is 0 Å². The molecule has 0 fully saturated rings. The van der Waals surface area contributed by atoms with E-state index in [4.69, 9.17) is 22.4 Å². The summed E-state index contributed by atoms with van der Waals surface area (Å²) in [4.78, 5) is 26.1. The van der Waals surface area contributed by atoms with E-state index in [1.807, 2.05) is 0 Å². The topological polar surface area (TPSA) is 99.8 Å². The molecule has 0 aliphatic heterocycles. The van der Waals surface area contributed by atoms with E-state index in [0.29, 0.717) is 0 Å². The zero-order valence-electron chi connectivity index (χ0n) is 8.67. The van der Waals surface area contributed by atoms with E-state index in [-0.39, 0.29) is 21.8 Å². The first-order chi connectivity index (χ1) is 8.04. The SMILES string of the molecule is COC(=O)c1cc(=S)n2cnc(C(N)=O)c2o1. The average molecular weight is 253 g/mol. The average Bonchev–Trinajstić information content (AvgIpc) is 2.72. The second kappa shape index (κ2) is 3.98. The molecule has 0 saturated heterocycles. The van der Waals surface area contributed by atoms with Crippen LogP contribution in [0.15, 0.2) is 16.8 Å². The number of nitrogens with zero attached hydrogens (tertiary/aromatic N) is 2. The van der Waals surface area contributed by atoms with Gasteiger partial charge in [0, 0.05) is 6.07 Å². The van der Waals surface area contributed by atoms with Gasteiger partial charge in [-0.2, -0.15) is 0 Å². The van der Waals surface area contributed by atoms with Crippen molar-refractivity contribution >= 4 is 29.8 Å². The number of nitrogens with two attached hydrogens (primary N) is 1. The van der Waals surface area contributed by atoms with E-state index in [1.54, 1.807) is 0 Å². The molecule has 2 N–H and O–H groups in total. The number of ether oxygens (including phenoxy) is 1. The normalized spacial score (nSPS) is 10.4. The van der Waals surface area contributed by atoms with Crippen LogP contribution in [-0.4, -0.2) is 28.4 Å². The Balaban J connectivity index is 2.78. The Kier molecular flexibility index (Phi) is 2.64. The standard InChI is InChI=1S/C9H7N3O4S/c1-15-9(14)4-2-5(17)12-3-11-6(7(10)13)8(12)16-4/h2-3H,1H3,(H2,10,13). The molecule has 1 amide bonds. The predicted molar refractivity (Wildman–Crippen MR) is 58.1 cm³/mol. The molecule has 0 unspecified atom stereocenters. The second-order valence-corrected chi connectivity index (χ2v) is 3.49. The Morgan fingerprint density at radius 2 is 2.29 bits per heavy atom. The summed E-state index contributed by atoms with van der Waals surface area (Å²) in [6.45, 7) is 0. The summed E-state index contributed by atoms with van der Waals surface area (Å²) in [7, 11) is 1.20. The molecule has 0 aliphatic carbocycles. The van der Waals surface area contributed by atoms with E-state index in [2.05, 4.69) is 9.72 Å². The fourth-order valence-electron chi connectivity index (χ4n) is 1.28. The molecule has 2 aromatic rings. The number of amides is 1. The van der Waals surface area contributed by atoms with Gasteiger partial charge in [0.05, 0.1) is 7.11 Å². The first-order valence-electron chi connectivity index (χ1n) is 4.44. The summed E-state index contributed by atoms with van der Waals surface area (Å²) >= 11 is 5.01. The molecule has 0 aromatic carbocycles. The minimum absolute atomic E-state index is 0.0189. The third-order valence-electron chi connectivity index (χ3n) is 2.04. The second-order valence-electron chi connectivity index (χ2n) is 3.07. The van der Waals surface area contributed by atoms with Gasteiger partial charge in [-0.25, -0.2) is 9.78 Å². The summed E-state index contributed by atoms with van der Waals surface area (Å²) in [5.41, 5.74) is 5.03. The van der Waals surface area contributed by atoms with Crippen LogP contribution in [0.3, 0.4) is 0 Å². The van der Waals surface area contributed by atoms with Crippen molar-refractivity contribution in [3.05, 3.63) is 28.5 Å². The van der Waals surface area contributed by atoms with Crippen LogP contribution in [0.4, 0.5) is 0 Å². The quantitative estimate of drug-likeness (QED) is 0.619. The smallest absolute Gasteiger partial charge is 0.374 e. The Hall–Kier alpha value is -2.22. The first-order valence-corrected chi connectivity index (χ1v) is 4.84. The number of carbonyl (C=O) groups is 2. The van der Waals surface area contributed by atoms with Crippen molar-refractivity contribution in [1.29, 1.82) is 0 Å². The van der Waals surface area contributed by atoms with Crippen molar-refractivity contribution in [2.75, 3.05) is 7.11 Å². The lowest BCUT2D eigenvalue weighted by molar-refractivity contribution is 0.0564. The van der Waals surface area contributed by atoms with E-state index in [0.717, 1.165) is 0 Å². The third-order valence-corrected chi connectivity index (χ3v) is 2.36. The summed E-state index contributed by atoms with van der Waals surface area (Å²) in [6.07, 6.45) is 1.29. The Bertz CT molecular complexity index is 672. The van der Waals surface area contributed by atoms with Crippen LogP contribution in [0.5, 0.6) is 0 Å². The largest absolute Gasteiger partial charge is 0.463 e. The molecule has 0 radical (unpaired) electrons. The maximum Gasteiger partial charge on any atom is 0.374 e. The van der Waals surface area contributed by atoms with E-state index in [9.17, 15) is 9.59 Å². The van der Waals surface area contributed by atoms with Crippen molar-refractivity contribution in [1.82, 2.24) is 9.38 Å². The zero-order chi connectivity index (χ0) is 12.6. The number of hydrogen-bond donors (Lipinski definition) is 1. The highest BCUT2D eigenvalue weighted by Crippen LogP contribution is 2.13. The van der Waals surface area contributed by atoms with E-state index < -0.39 is 11.9 Å². The Labute approximate surface area is 99.8 Å². The highest BCUT2D eigenvalue weighted by molar-refractivity contribution is 7.71. The summed E-state index contributed by atoms with van der Waals surface area (Å²) in [5, 5.41) is 0. The van der Waals surface area contributed by atoms with Crippen LogP contribution in [0.1, 0.15) is 21.0 Å². The highest BCUT2D eigenvalue weighted by atomic mass is 32.1. The van der Waals surface area contributed by atoms with E-state index in [1.165, 1.54) is 23.9 Å². The van der Waals surface area contributed by atoms with Crippen molar-refractivity contribution in [2.45, 2.75) is 0 Å². The fraction of sp³-hybridized carbons (Fsp3) is 0.111. The number of aromatic nitrogens is 2. The minimum atomic E-state index is -0.771. The maximum atomic E-state index is 11.3. The molecule has 0 saturated carbocycles. The van der Waals surface area contributed by atoms with Crippen molar-refractivity contribution in [3.8, 4) is 0 Å². The monoisotopic (exact) mass is 253 g/mol. The van der Waals surface area contributed by atoms with Crippen LogP contribution < -0.4 is 5.73 Å². The molecule has 0 spiro atoms. The number of rotatable bonds is 2. The first kappa shape index (κ1) is 11.3. The van der Waals surface area contributed by atoms with Crippen LogP contribution in [0.25, 0.3) is 5.71 Å². The zero-order valence-corrected chi connectivity index (χ0v) is 9.48.